The molecular weight excluding hydrogens is 278 g/mol. The Labute approximate surface area is 122 Å². The van der Waals surface area contributed by atoms with Crippen LogP contribution in [0.3, 0.4) is 0 Å². The first kappa shape index (κ1) is 14.4. The van der Waals surface area contributed by atoms with E-state index in [1.54, 1.807) is 36.1 Å². The van der Waals surface area contributed by atoms with Crippen molar-refractivity contribution in [3.8, 4) is 5.75 Å². The van der Waals surface area contributed by atoms with Gasteiger partial charge in [0.2, 0.25) is 5.91 Å². The number of rotatable bonds is 4. The summed E-state index contributed by atoms with van der Waals surface area (Å²) in [5.74, 6) is 0.589. The molecule has 1 amide bonds. The van der Waals surface area contributed by atoms with Gasteiger partial charge in [-0.3, -0.25) is 9.48 Å². The molecule has 6 heteroatoms. The molecule has 0 aliphatic carbocycles. The third-order valence-corrected chi connectivity index (χ3v) is 3.51. The highest BCUT2D eigenvalue weighted by Crippen LogP contribution is 2.19. The predicted molar refractivity (Wildman–Crippen MR) is 78.3 cm³/mol. The van der Waals surface area contributed by atoms with Crippen LogP contribution >= 0.6 is 11.6 Å². The predicted octanol–water partition coefficient (Wildman–Crippen LogP) is 2.80. The van der Waals surface area contributed by atoms with Crippen molar-refractivity contribution in [2.75, 3.05) is 12.4 Å². The van der Waals surface area contributed by atoms with Crippen molar-refractivity contribution in [1.82, 2.24) is 9.78 Å². The van der Waals surface area contributed by atoms with Gasteiger partial charge in [-0.2, -0.15) is 5.10 Å². The maximum Gasteiger partial charge on any atom is 0.246 e. The molecule has 1 N–H and O–H groups in total. The molecular formula is C14H16ClN3O2. The highest BCUT2D eigenvalue weighted by molar-refractivity contribution is 6.31. The van der Waals surface area contributed by atoms with Gasteiger partial charge in [0.05, 0.1) is 23.5 Å². The van der Waals surface area contributed by atoms with Crippen molar-refractivity contribution >= 4 is 23.2 Å². The lowest BCUT2D eigenvalue weighted by molar-refractivity contribution is -0.116. The first-order valence-electron chi connectivity index (χ1n) is 6.14. The van der Waals surface area contributed by atoms with Crippen molar-refractivity contribution in [3.63, 3.8) is 0 Å². The molecule has 106 valence electrons. The average Bonchev–Trinajstić information content (AvgIpc) is 2.67. The molecule has 0 radical (unpaired) electrons. The fourth-order valence-corrected chi connectivity index (χ4v) is 1.98. The van der Waals surface area contributed by atoms with E-state index in [-0.39, 0.29) is 12.5 Å². The maximum absolute atomic E-state index is 12.0. The van der Waals surface area contributed by atoms with Crippen molar-refractivity contribution < 1.29 is 9.53 Å². The molecule has 0 aliphatic rings. The Morgan fingerprint density at radius 2 is 2.00 bits per heavy atom. The molecule has 0 saturated heterocycles. The number of carbonyl (C=O) groups is 1. The van der Waals surface area contributed by atoms with Gasteiger partial charge in [0, 0.05) is 5.69 Å². The molecule has 0 aliphatic heterocycles. The largest absolute Gasteiger partial charge is 0.497 e. The molecule has 2 aromatic rings. The Hall–Kier alpha value is -2.01. The summed E-state index contributed by atoms with van der Waals surface area (Å²) < 4.78 is 6.65. The SMILES string of the molecule is COc1ccc(NC(=O)Cn2nc(C)c(Cl)c2C)cc1. The van der Waals surface area contributed by atoms with Crippen LogP contribution < -0.4 is 10.1 Å². The van der Waals surface area contributed by atoms with Crippen molar-refractivity contribution in [1.29, 1.82) is 0 Å². The molecule has 1 aromatic carbocycles. The number of carbonyl (C=O) groups excluding carboxylic acids is 1. The van der Waals surface area contributed by atoms with Crippen molar-refractivity contribution in [2.45, 2.75) is 20.4 Å². The molecule has 0 unspecified atom stereocenters. The Kier molecular flexibility index (Phi) is 4.29. The van der Waals surface area contributed by atoms with E-state index >= 15 is 0 Å². The summed E-state index contributed by atoms with van der Waals surface area (Å²) in [6.45, 7) is 3.78. The van der Waals surface area contributed by atoms with Gasteiger partial charge in [-0.15, -0.1) is 0 Å². The zero-order valence-corrected chi connectivity index (χ0v) is 12.4. The van der Waals surface area contributed by atoms with Crippen LogP contribution in [0.15, 0.2) is 24.3 Å². The number of halogens is 1. The van der Waals surface area contributed by atoms with E-state index in [1.807, 2.05) is 13.8 Å². The lowest BCUT2D eigenvalue weighted by Gasteiger charge is -2.07. The van der Waals surface area contributed by atoms with Crippen molar-refractivity contribution in [3.05, 3.63) is 40.7 Å². The molecule has 0 spiro atoms. The third kappa shape index (κ3) is 3.11. The number of anilines is 1. The highest BCUT2D eigenvalue weighted by atomic mass is 35.5. The number of benzene rings is 1. The third-order valence-electron chi connectivity index (χ3n) is 2.96. The average molecular weight is 294 g/mol. The van der Waals surface area contributed by atoms with E-state index in [2.05, 4.69) is 10.4 Å². The zero-order chi connectivity index (χ0) is 14.7. The fraction of sp³-hybridized carbons (Fsp3) is 0.286. The minimum Gasteiger partial charge on any atom is -0.497 e. The van der Waals surface area contributed by atoms with E-state index in [4.69, 9.17) is 16.3 Å². The van der Waals surface area contributed by atoms with Gasteiger partial charge in [0.25, 0.3) is 0 Å². The Morgan fingerprint density at radius 1 is 1.35 bits per heavy atom. The van der Waals surface area contributed by atoms with E-state index in [1.165, 1.54) is 0 Å². The van der Waals surface area contributed by atoms with Crippen LogP contribution in [0.2, 0.25) is 5.02 Å². The van der Waals surface area contributed by atoms with E-state index < -0.39 is 0 Å². The van der Waals surface area contributed by atoms with Gasteiger partial charge < -0.3 is 10.1 Å². The number of amides is 1. The summed E-state index contributed by atoms with van der Waals surface area (Å²) in [5, 5.41) is 7.62. The number of nitrogens with zero attached hydrogens (tertiary/aromatic N) is 2. The summed E-state index contributed by atoms with van der Waals surface area (Å²) in [6, 6.07) is 7.14. The van der Waals surface area contributed by atoms with Crippen LogP contribution in [-0.2, 0) is 11.3 Å². The quantitative estimate of drug-likeness (QED) is 0.943. The number of ether oxygens (including phenoxy) is 1. The van der Waals surface area contributed by atoms with Gasteiger partial charge in [-0.05, 0) is 38.1 Å². The van der Waals surface area contributed by atoms with Gasteiger partial charge in [-0.1, -0.05) is 11.6 Å². The second kappa shape index (κ2) is 5.96. The number of hydrogen-bond acceptors (Lipinski definition) is 3. The maximum atomic E-state index is 12.0. The number of aromatic nitrogens is 2. The number of nitrogens with one attached hydrogen (secondary N) is 1. The lowest BCUT2D eigenvalue weighted by Crippen LogP contribution is -2.20. The van der Waals surface area contributed by atoms with Crippen LogP contribution in [-0.4, -0.2) is 22.8 Å². The minimum absolute atomic E-state index is 0.130. The zero-order valence-electron chi connectivity index (χ0n) is 11.6. The topological polar surface area (TPSA) is 56.1 Å². The summed E-state index contributed by atoms with van der Waals surface area (Å²) >= 11 is 6.05. The Balaban J connectivity index is 2.03. The molecule has 5 nitrogen and oxygen atoms in total. The standard InChI is InChI=1S/C14H16ClN3O2/c1-9-14(15)10(2)18(17-9)8-13(19)16-11-4-6-12(20-3)7-5-11/h4-7H,8H2,1-3H3,(H,16,19). The second-order valence-corrected chi connectivity index (χ2v) is 4.80. The van der Waals surface area contributed by atoms with Crippen LogP contribution in [0, 0.1) is 13.8 Å². The molecule has 0 fully saturated rings. The van der Waals surface area contributed by atoms with Gasteiger partial charge in [-0.25, -0.2) is 0 Å². The molecule has 2 rings (SSSR count). The van der Waals surface area contributed by atoms with Gasteiger partial charge in [0.1, 0.15) is 12.3 Å². The van der Waals surface area contributed by atoms with Crippen molar-refractivity contribution in [2.24, 2.45) is 0 Å². The first-order valence-corrected chi connectivity index (χ1v) is 6.52. The smallest absolute Gasteiger partial charge is 0.246 e. The van der Waals surface area contributed by atoms with Crippen LogP contribution in [0.5, 0.6) is 5.75 Å². The summed E-state index contributed by atoms with van der Waals surface area (Å²) in [5.41, 5.74) is 2.22. The number of aryl methyl sites for hydroxylation is 1. The lowest BCUT2D eigenvalue weighted by atomic mass is 10.3. The summed E-state index contributed by atoms with van der Waals surface area (Å²) in [4.78, 5) is 12.0. The number of methoxy groups -OCH3 is 1. The molecule has 0 saturated carbocycles. The molecule has 1 aromatic heterocycles. The van der Waals surface area contributed by atoms with E-state index in [0.717, 1.165) is 17.1 Å². The Morgan fingerprint density at radius 3 is 2.50 bits per heavy atom. The molecule has 0 atom stereocenters. The van der Waals surface area contributed by atoms with Crippen LogP contribution in [0.1, 0.15) is 11.4 Å². The van der Waals surface area contributed by atoms with E-state index in [0.29, 0.717) is 10.7 Å². The van der Waals surface area contributed by atoms with Gasteiger partial charge in [0.15, 0.2) is 0 Å². The summed E-state index contributed by atoms with van der Waals surface area (Å²) in [6.07, 6.45) is 0. The minimum atomic E-state index is -0.155. The first-order chi connectivity index (χ1) is 9.51. The summed E-state index contributed by atoms with van der Waals surface area (Å²) in [7, 11) is 1.60. The molecule has 1 heterocycles. The fourth-order valence-electron chi connectivity index (χ4n) is 1.84. The van der Waals surface area contributed by atoms with Crippen LogP contribution in [0.4, 0.5) is 5.69 Å². The Bertz CT molecular complexity index is 620. The second-order valence-electron chi connectivity index (χ2n) is 4.42. The molecule has 0 bridgehead atoms. The van der Waals surface area contributed by atoms with Crippen LogP contribution in [0.25, 0.3) is 0 Å². The normalized spacial score (nSPS) is 10.4. The van der Waals surface area contributed by atoms with E-state index in [9.17, 15) is 4.79 Å². The monoisotopic (exact) mass is 293 g/mol. The highest BCUT2D eigenvalue weighted by Gasteiger charge is 2.12. The number of hydrogen-bond donors (Lipinski definition) is 1. The molecule has 20 heavy (non-hydrogen) atoms. The van der Waals surface area contributed by atoms with Gasteiger partial charge >= 0.3 is 0 Å².